The molecule has 30 heavy (non-hydrogen) atoms. The van der Waals surface area contributed by atoms with E-state index >= 15 is 0 Å². The highest BCUT2D eigenvalue weighted by Crippen LogP contribution is 2.24. The number of aliphatic hydroxyl groups is 1. The number of nitro groups is 1. The van der Waals surface area contributed by atoms with Gasteiger partial charge in [0.05, 0.1) is 34.2 Å². The highest BCUT2D eigenvalue weighted by atomic mass is 19.1. The Kier molecular flexibility index (Phi) is 6.22. The Morgan fingerprint density at radius 1 is 1.20 bits per heavy atom. The summed E-state index contributed by atoms with van der Waals surface area (Å²) in [5, 5.41) is 28.0. The molecule has 0 fully saturated rings. The Balaban J connectivity index is 1.75. The van der Waals surface area contributed by atoms with Crippen LogP contribution in [0.15, 0.2) is 54.7 Å². The number of nitrogens with zero attached hydrogens (tertiary/aromatic N) is 3. The van der Waals surface area contributed by atoms with E-state index in [4.69, 9.17) is 0 Å². The van der Waals surface area contributed by atoms with E-state index in [9.17, 15) is 24.4 Å². The van der Waals surface area contributed by atoms with Gasteiger partial charge in [-0.3, -0.25) is 14.9 Å². The molecule has 0 radical (unpaired) electrons. The molecule has 0 saturated heterocycles. The molecule has 0 spiro atoms. The van der Waals surface area contributed by atoms with Crippen molar-refractivity contribution in [3.05, 3.63) is 87.5 Å². The Labute approximate surface area is 172 Å². The monoisotopic (exact) mass is 412 g/mol. The first-order chi connectivity index (χ1) is 14.3. The van der Waals surface area contributed by atoms with Crippen LogP contribution in [-0.4, -0.2) is 32.3 Å². The number of benzene rings is 2. The SMILES string of the molecule is CC(C)c1c(C(=O)NC[C@H](O)c2ccc([N+](=O)[O-])cc2)cnn1-c1ccc(F)cc1. The second-order valence-corrected chi connectivity index (χ2v) is 7.06. The summed E-state index contributed by atoms with van der Waals surface area (Å²) in [6.07, 6.45) is 0.413. The van der Waals surface area contributed by atoms with Gasteiger partial charge in [0.2, 0.25) is 0 Å². The lowest BCUT2D eigenvalue weighted by Crippen LogP contribution is -2.29. The number of amides is 1. The van der Waals surface area contributed by atoms with Crippen LogP contribution in [0.3, 0.4) is 0 Å². The van der Waals surface area contributed by atoms with E-state index in [1.807, 2.05) is 13.8 Å². The minimum atomic E-state index is -1.02. The van der Waals surface area contributed by atoms with E-state index in [1.54, 1.807) is 16.8 Å². The molecular weight excluding hydrogens is 391 g/mol. The summed E-state index contributed by atoms with van der Waals surface area (Å²) in [6, 6.07) is 11.3. The topological polar surface area (TPSA) is 110 Å². The normalized spacial score (nSPS) is 12.0. The van der Waals surface area contributed by atoms with E-state index in [1.165, 1.54) is 42.6 Å². The molecule has 0 saturated carbocycles. The molecule has 1 heterocycles. The van der Waals surface area contributed by atoms with Gasteiger partial charge in [0.1, 0.15) is 5.82 Å². The molecule has 3 rings (SSSR count). The Bertz CT molecular complexity index is 1050. The second-order valence-electron chi connectivity index (χ2n) is 7.06. The highest BCUT2D eigenvalue weighted by Gasteiger charge is 2.21. The van der Waals surface area contributed by atoms with Crippen molar-refractivity contribution in [1.29, 1.82) is 0 Å². The first-order valence-electron chi connectivity index (χ1n) is 9.32. The Hall–Kier alpha value is -3.59. The molecule has 2 aromatic carbocycles. The number of non-ortho nitro benzene ring substituents is 1. The third-order valence-electron chi connectivity index (χ3n) is 4.61. The molecular formula is C21H21FN4O4. The van der Waals surface area contributed by atoms with Gasteiger partial charge < -0.3 is 10.4 Å². The molecule has 8 nitrogen and oxygen atoms in total. The van der Waals surface area contributed by atoms with Gasteiger partial charge >= 0.3 is 0 Å². The number of aromatic nitrogens is 2. The fourth-order valence-corrected chi connectivity index (χ4v) is 3.10. The van der Waals surface area contributed by atoms with Crippen LogP contribution in [0.1, 0.15) is 47.5 Å². The maximum absolute atomic E-state index is 13.2. The zero-order valence-electron chi connectivity index (χ0n) is 16.4. The molecule has 0 aliphatic heterocycles. The van der Waals surface area contributed by atoms with Crippen molar-refractivity contribution in [2.45, 2.75) is 25.9 Å². The zero-order valence-corrected chi connectivity index (χ0v) is 16.4. The minimum absolute atomic E-state index is 0.0436. The molecule has 156 valence electrons. The number of carbonyl (C=O) groups is 1. The molecule has 3 aromatic rings. The number of nitrogens with one attached hydrogen (secondary N) is 1. The third kappa shape index (κ3) is 4.52. The van der Waals surface area contributed by atoms with Crippen molar-refractivity contribution >= 4 is 11.6 Å². The lowest BCUT2D eigenvalue weighted by molar-refractivity contribution is -0.384. The van der Waals surface area contributed by atoms with Crippen LogP contribution in [0.2, 0.25) is 0 Å². The van der Waals surface area contributed by atoms with Crippen molar-refractivity contribution in [3.8, 4) is 5.69 Å². The van der Waals surface area contributed by atoms with Gasteiger partial charge in [0, 0.05) is 18.7 Å². The number of rotatable bonds is 7. The van der Waals surface area contributed by atoms with Gasteiger partial charge in [-0.2, -0.15) is 5.10 Å². The standard InChI is InChI=1S/C21H21FN4O4/c1-13(2)20-18(11-24-25(20)16-9-5-15(22)6-10-16)21(28)23-12-19(27)14-3-7-17(8-4-14)26(29)30/h3-11,13,19,27H,12H2,1-2H3,(H,23,28)/t19-/m0/s1. The summed E-state index contributed by atoms with van der Waals surface area (Å²) in [4.78, 5) is 22.9. The number of aliphatic hydroxyl groups excluding tert-OH is 1. The molecule has 0 aliphatic carbocycles. The fourth-order valence-electron chi connectivity index (χ4n) is 3.10. The van der Waals surface area contributed by atoms with Crippen LogP contribution in [0.4, 0.5) is 10.1 Å². The van der Waals surface area contributed by atoms with E-state index in [0.717, 1.165) is 0 Å². The van der Waals surface area contributed by atoms with Crippen LogP contribution >= 0.6 is 0 Å². The summed E-state index contributed by atoms with van der Waals surface area (Å²) in [5.41, 5.74) is 2.01. The highest BCUT2D eigenvalue weighted by molar-refractivity contribution is 5.95. The molecule has 2 N–H and O–H groups in total. The van der Waals surface area contributed by atoms with Crippen molar-refractivity contribution in [1.82, 2.24) is 15.1 Å². The van der Waals surface area contributed by atoms with Gasteiger partial charge in [0.25, 0.3) is 11.6 Å². The fraction of sp³-hybridized carbons (Fsp3) is 0.238. The molecule has 1 amide bonds. The van der Waals surface area contributed by atoms with E-state index in [-0.39, 0.29) is 24.0 Å². The number of carbonyl (C=O) groups excluding carboxylic acids is 1. The molecule has 0 bridgehead atoms. The third-order valence-corrected chi connectivity index (χ3v) is 4.61. The maximum atomic E-state index is 13.2. The zero-order chi connectivity index (χ0) is 21.8. The van der Waals surface area contributed by atoms with Crippen LogP contribution in [0.5, 0.6) is 0 Å². The Morgan fingerprint density at radius 2 is 1.83 bits per heavy atom. The van der Waals surface area contributed by atoms with Crippen molar-refractivity contribution in [3.63, 3.8) is 0 Å². The smallest absolute Gasteiger partial charge is 0.269 e. The van der Waals surface area contributed by atoms with Gasteiger partial charge in [-0.05, 0) is 47.9 Å². The first kappa shape index (κ1) is 21.1. The van der Waals surface area contributed by atoms with Crippen LogP contribution in [0, 0.1) is 15.9 Å². The number of hydrogen-bond acceptors (Lipinski definition) is 5. The van der Waals surface area contributed by atoms with E-state index < -0.39 is 16.9 Å². The number of halogens is 1. The predicted octanol–water partition coefficient (Wildman–Crippen LogP) is 3.51. The van der Waals surface area contributed by atoms with Crippen LogP contribution in [-0.2, 0) is 0 Å². The van der Waals surface area contributed by atoms with Crippen LogP contribution in [0.25, 0.3) is 5.69 Å². The van der Waals surface area contributed by atoms with Gasteiger partial charge in [0.15, 0.2) is 0 Å². The maximum Gasteiger partial charge on any atom is 0.269 e. The summed E-state index contributed by atoms with van der Waals surface area (Å²) >= 11 is 0. The summed E-state index contributed by atoms with van der Waals surface area (Å²) < 4.78 is 14.8. The molecule has 1 aromatic heterocycles. The Morgan fingerprint density at radius 3 is 2.40 bits per heavy atom. The van der Waals surface area contributed by atoms with E-state index in [2.05, 4.69) is 10.4 Å². The van der Waals surface area contributed by atoms with E-state index in [0.29, 0.717) is 22.5 Å². The minimum Gasteiger partial charge on any atom is -0.387 e. The average molecular weight is 412 g/mol. The lowest BCUT2D eigenvalue weighted by Gasteiger charge is -2.15. The van der Waals surface area contributed by atoms with Gasteiger partial charge in [-0.1, -0.05) is 13.8 Å². The summed E-state index contributed by atoms with van der Waals surface area (Å²) in [5.74, 6) is -0.818. The van der Waals surface area contributed by atoms with Crippen molar-refractivity contribution in [2.75, 3.05) is 6.54 Å². The number of hydrogen-bond donors (Lipinski definition) is 2. The molecule has 1 atom stereocenters. The summed E-state index contributed by atoms with van der Waals surface area (Å²) in [6.45, 7) is 3.76. The van der Waals surface area contributed by atoms with Crippen molar-refractivity contribution in [2.24, 2.45) is 0 Å². The molecule has 0 unspecified atom stereocenters. The largest absolute Gasteiger partial charge is 0.387 e. The molecule has 9 heteroatoms. The quantitative estimate of drug-likeness (QED) is 0.456. The summed E-state index contributed by atoms with van der Waals surface area (Å²) in [7, 11) is 0. The van der Waals surface area contributed by atoms with Crippen molar-refractivity contribution < 1.29 is 19.2 Å². The number of nitro benzene ring substituents is 1. The molecule has 0 aliphatic rings. The second kappa shape index (κ2) is 8.83. The first-order valence-corrected chi connectivity index (χ1v) is 9.32. The average Bonchev–Trinajstić information content (AvgIpc) is 3.18. The van der Waals surface area contributed by atoms with Crippen LogP contribution < -0.4 is 5.32 Å². The van der Waals surface area contributed by atoms with Gasteiger partial charge in [-0.15, -0.1) is 0 Å². The lowest BCUT2D eigenvalue weighted by atomic mass is 10.0. The predicted molar refractivity (Wildman–Crippen MR) is 108 cm³/mol. The van der Waals surface area contributed by atoms with Gasteiger partial charge in [-0.25, -0.2) is 9.07 Å².